The number of benzene rings is 2. The minimum Gasteiger partial charge on any atom is -0.431 e. The van der Waals surface area contributed by atoms with E-state index in [0.29, 0.717) is 24.0 Å². The quantitative estimate of drug-likeness (QED) is 0.590. The number of rotatable bonds is 6. The van der Waals surface area contributed by atoms with Crippen LogP contribution in [-0.4, -0.2) is 10.8 Å². The summed E-state index contributed by atoms with van der Waals surface area (Å²) in [4.78, 5) is 16.4. The number of hydrogen-bond donors (Lipinski definition) is 0. The Kier molecular flexibility index (Phi) is 4.95. The molecule has 0 aliphatic carbocycles. The highest BCUT2D eigenvalue weighted by atomic mass is 32.1. The van der Waals surface area contributed by atoms with Gasteiger partial charge in [-0.1, -0.05) is 43.4 Å². The van der Waals surface area contributed by atoms with Gasteiger partial charge in [0.1, 0.15) is 11.5 Å². The van der Waals surface area contributed by atoms with E-state index in [4.69, 9.17) is 4.74 Å². The van der Waals surface area contributed by atoms with Crippen molar-refractivity contribution < 1.29 is 9.53 Å². The van der Waals surface area contributed by atoms with E-state index in [0.717, 1.165) is 21.5 Å². The molecule has 1 aromatic heterocycles. The summed E-state index contributed by atoms with van der Waals surface area (Å²) in [6.45, 7) is 6.20. The molecule has 0 unspecified atom stereocenters. The zero-order valence-electron chi connectivity index (χ0n) is 14.2. The van der Waals surface area contributed by atoms with Crippen molar-refractivity contribution >= 4 is 27.3 Å². The smallest absolute Gasteiger partial charge is 0.279 e. The van der Waals surface area contributed by atoms with Crippen molar-refractivity contribution in [3.8, 4) is 10.9 Å². The Morgan fingerprint density at radius 2 is 1.92 bits per heavy atom. The van der Waals surface area contributed by atoms with E-state index in [1.165, 1.54) is 5.56 Å². The van der Waals surface area contributed by atoms with Gasteiger partial charge >= 0.3 is 0 Å². The Balaban J connectivity index is 1.67. The summed E-state index contributed by atoms with van der Waals surface area (Å²) < 4.78 is 6.98. The summed E-state index contributed by atoms with van der Waals surface area (Å²) in [6.07, 6.45) is 1.11. The fraction of sp³-hybridized carbons (Fsp3) is 0.300. The molecule has 2 aromatic carbocycles. The number of thiazole rings is 1. The molecule has 24 heavy (non-hydrogen) atoms. The molecule has 3 rings (SSSR count). The van der Waals surface area contributed by atoms with Gasteiger partial charge in [-0.2, -0.15) is 0 Å². The summed E-state index contributed by atoms with van der Waals surface area (Å²) in [6, 6.07) is 13.9. The second-order valence-corrected chi connectivity index (χ2v) is 7.50. The Hall–Kier alpha value is -2.20. The Morgan fingerprint density at radius 3 is 2.62 bits per heavy atom. The van der Waals surface area contributed by atoms with E-state index in [2.05, 4.69) is 37.9 Å². The molecule has 0 bridgehead atoms. The molecular weight excluding hydrogens is 318 g/mol. The fourth-order valence-corrected chi connectivity index (χ4v) is 3.52. The first kappa shape index (κ1) is 16.7. The number of aryl methyl sites for hydroxylation is 1. The topological polar surface area (TPSA) is 39.2 Å². The number of carbonyl (C=O) groups excluding carboxylic acids is 1. The molecule has 124 valence electrons. The third kappa shape index (κ3) is 4.20. The Morgan fingerprint density at radius 1 is 1.17 bits per heavy atom. The van der Waals surface area contributed by atoms with Crippen LogP contribution in [0.1, 0.15) is 31.4 Å². The predicted octanol–water partition coefficient (Wildman–Crippen LogP) is 5.55. The van der Waals surface area contributed by atoms with Crippen molar-refractivity contribution in [1.82, 2.24) is 4.98 Å². The maximum Gasteiger partial charge on any atom is 0.279 e. The molecule has 0 fully saturated rings. The number of ketones is 1. The normalized spacial score (nSPS) is 11.2. The van der Waals surface area contributed by atoms with Crippen LogP contribution in [0.4, 0.5) is 0 Å². The summed E-state index contributed by atoms with van der Waals surface area (Å²) in [5.74, 6) is 1.42. The number of ether oxygens (including phenoxy) is 1. The first-order chi connectivity index (χ1) is 11.5. The maximum atomic E-state index is 11.9. The van der Waals surface area contributed by atoms with Crippen molar-refractivity contribution in [1.29, 1.82) is 0 Å². The van der Waals surface area contributed by atoms with Crippen molar-refractivity contribution in [2.45, 2.75) is 33.6 Å². The maximum absolute atomic E-state index is 11.9. The van der Waals surface area contributed by atoms with E-state index in [1.807, 2.05) is 30.3 Å². The zero-order valence-corrected chi connectivity index (χ0v) is 15.0. The number of carbonyl (C=O) groups is 1. The Labute approximate surface area is 146 Å². The van der Waals surface area contributed by atoms with Crippen LogP contribution in [0, 0.1) is 12.8 Å². The molecule has 0 saturated heterocycles. The van der Waals surface area contributed by atoms with Gasteiger partial charge in [0.2, 0.25) is 0 Å². The van der Waals surface area contributed by atoms with Crippen molar-refractivity contribution in [3.63, 3.8) is 0 Å². The number of nitrogens with zero attached hydrogens (tertiary/aromatic N) is 1. The number of Topliss-reactive ketones (excluding diaryl/α,β-unsaturated/α-hetero) is 1. The fourth-order valence-electron chi connectivity index (χ4n) is 2.59. The van der Waals surface area contributed by atoms with Crippen LogP contribution < -0.4 is 4.74 Å². The third-order valence-corrected chi connectivity index (χ3v) is 4.59. The monoisotopic (exact) mass is 339 g/mol. The van der Waals surface area contributed by atoms with E-state index in [1.54, 1.807) is 11.3 Å². The lowest BCUT2D eigenvalue weighted by Gasteiger charge is -2.05. The minimum absolute atomic E-state index is 0.278. The van der Waals surface area contributed by atoms with Gasteiger partial charge in [0, 0.05) is 12.8 Å². The van der Waals surface area contributed by atoms with Gasteiger partial charge in [-0.3, -0.25) is 4.79 Å². The van der Waals surface area contributed by atoms with E-state index in [9.17, 15) is 4.79 Å². The number of hydrogen-bond acceptors (Lipinski definition) is 4. The lowest BCUT2D eigenvalue weighted by molar-refractivity contribution is -0.119. The first-order valence-electron chi connectivity index (χ1n) is 8.15. The van der Waals surface area contributed by atoms with Gasteiger partial charge in [-0.15, -0.1) is 0 Å². The van der Waals surface area contributed by atoms with Crippen LogP contribution in [-0.2, 0) is 11.2 Å². The van der Waals surface area contributed by atoms with Crippen LogP contribution in [0.25, 0.3) is 10.2 Å². The summed E-state index contributed by atoms with van der Waals surface area (Å²) in [5, 5.41) is 0.638. The molecule has 0 aliphatic rings. The molecule has 3 nitrogen and oxygen atoms in total. The van der Waals surface area contributed by atoms with Crippen molar-refractivity contribution in [3.05, 3.63) is 53.6 Å². The Bertz CT molecular complexity index is 850. The molecule has 3 aromatic rings. The summed E-state index contributed by atoms with van der Waals surface area (Å²) >= 11 is 1.54. The highest BCUT2D eigenvalue weighted by Crippen LogP contribution is 2.31. The average Bonchev–Trinajstić information content (AvgIpc) is 2.89. The molecule has 0 radical (unpaired) electrons. The lowest BCUT2D eigenvalue weighted by Crippen LogP contribution is -2.06. The van der Waals surface area contributed by atoms with Crippen LogP contribution in [0.5, 0.6) is 10.9 Å². The van der Waals surface area contributed by atoms with Gasteiger partial charge in [0.05, 0.1) is 10.2 Å². The number of aromatic nitrogens is 1. The minimum atomic E-state index is 0.278. The predicted molar refractivity (Wildman–Crippen MR) is 99.0 cm³/mol. The van der Waals surface area contributed by atoms with Crippen LogP contribution in [0.3, 0.4) is 0 Å². The van der Waals surface area contributed by atoms with Crippen LogP contribution in [0.2, 0.25) is 0 Å². The SMILES string of the molecule is Cc1ccc2nc(Oc3ccc(CC(=O)CC(C)C)cc3)sc2c1. The van der Waals surface area contributed by atoms with Gasteiger partial charge in [0.25, 0.3) is 5.19 Å². The molecule has 0 amide bonds. The summed E-state index contributed by atoms with van der Waals surface area (Å²) in [5.41, 5.74) is 3.19. The molecule has 0 aliphatic heterocycles. The second-order valence-electron chi connectivity index (χ2n) is 6.51. The molecule has 0 N–H and O–H groups in total. The lowest BCUT2D eigenvalue weighted by atomic mass is 10.0. The van der Waals surface area contributed by atoms with Crippen molar-refractivity contribution in [2.75, 3.05) is 0 Å². The highest BCUT2D eigenvalue weighted by Gasteiger charge is 2.08. The standard InChI is InChI=1S/C20H21NO2S/c1-13(2)10-16(22)12-15-5-7-17(8-6-15)23-20-21-18-9-4-14(3)11-19(18)24-20/h4-9,11,13H,10,12H2,1-3H3. The molecule has 4 heteroatoms. The molecule has 1 heterocycles. The summed E-state index contributed by atoms with van der Waals surface area (Å²) in [7, 11) is 0. The molecule has 0 atom stereocenters. The van der Waals surface area contributed by atoms with E-state index in [-0.39, 0.29) is 5.78 Å². The van der Waals surface area contributed by atoms with Crippen LogP contribution >= 0.6 is 11.3 Å². The molecule has 0 saturated carbocycles. The van der Waals surface area contributed by atoms with E-state index < -0.39 is 0 Å². The number of fused-ring (bicyclic) bond motifs is 1. The largest absolute Gasteiger partial charge is 0.431 e. The van der Waals surface area contributed by atoms with Gasteiger partial charge in [-0.05, 0) is 48.2 Å². The van der Waals surface area contributed by atoms with Gasteiger partial charge in [-0.25, -0.2) is 4.98 Å². The van der Waals surface area contributed by atoms with Gasteiger partial charge < -0.3 is 4.74 Å². The van der Waals surface area contributed by atoms with Crippen molar-refractivity contribution in [2.24, 2.45) is 5.92 Å². The third-order valence-electron chi connectivity index (χ3n) is 3.69. The highest BCUT2D eigenvalue weighted by molar-refractivity contribution is 7.20. The average molecular weight is 339 g/mol. The first-order valence-corrected chi connectivity index (χ1v) is 8.97. The van der Waals surface area contributed by atoms with Crippen LogP contribution in [0.15, 0.2) is 42.5 Å². The molecule has 0 spiro atoms. The second kappa shape index (κ2) is 7.14. The molecular formula is C20H21NO2S. The zero-order chi connectivity index (χ0) is 17.1. The van der Waals surface area contributed by atoms with E-state index >= 15 is 0 Å². The van der Waals surface area contributed by atoms with Gasteiger partial charge in [0.15, 0.2) is 0 Å².